The van der Waals surface area contributed by atoms with Crippen molar-refractivity contribution in [2.45, 2.75) is 26.7 Å². The predicted molar refractivity (Wildman–Crippen MR) is 78.7 cm³/mol. The molecule has 0 unspecified atom stereocenters. The normalized spacial score (nSPS) is 10.2. The molecule has 0 atom stereocenters. The molecule has 1 rings (SSSR count). The van der Waals surface area contributed by atoms with E-state index in [2.05, 4.69) is 6.92 Å². The Bertz CT molecular complexity index is 412. The van der Waals surface area contributed by atoms with Gasteiger partial charge in [-0.3, -0.25) is 9.59 Å². The van der Waals surface area contributed by atoms with Crippen LogP contribution in [0.4, 0.5) is 0 Å². The Morgan fingerprint density at radius 1 is 1.11 bits per heavy atom. The maximum absolute atomic E-state index is 11.9. The quantitative estimate of drug-likeness (QED) is 0.542. The molecular formula is C15H20O3S. The van der Waals surface area contributed by atoms with Crippen molar-refractivity contribution in [3.8, 4) is 0 Å². The highest BCUT2D eigenvalue weighted by Gasteiger charge is 2.08. The Labute approximate surface area is 118 Å². The molecule has 0 saturated carbocycles. The molecule has 0 radical (unpaired) electrons. The lowest BCUT2D eigenvalue weighted by Gasteiger charge is -2.03. The van der Waals surface area contributed by atoms with Crippen LogP contribution in [0, 0.1) is 0 Å². The van der Waals surface area contributed by atoms with E-state index in [9.17, 15) is 9.59 Å². The second kappa shape index (κ2) is 8.75. The number of carbonyl (C=O) groups is 2. The minimum Gasteiger partial charge on any atom is -0.465 e. The molecule has 0 fully saturated rings. The number of rotatable bonds is 8. The molecule has 0 heterocycles. The topological polar surface area (TPSA) is 43.4 Å². The lowest BCUT2D eigenvalue weighted by Crippen LogP contribution is -2.10. The second-order valence-corrected chi connectivity index (χ2v) is 5.15. The summed E-state index contributed by atoms with van der Waals surface area (Å²) in [6.07, 6.45) is 2.13. The number of esters is 1. The highest BCUT2D eigenvalue weighted by atomic mass is 32.2. The van der Waals surface area contributed by atoms with Gasteiger partial charge in [-0.25, -0.2) is 0 Å². The Morgan fingerprint density at radius 3 is 2.37 bits per heavy atom. The van der Waals surface area contributed by atoms with Gasteiger partial charge in [-0.1, -0.05) is 37.6 Å². The average molecular weight is 280 g/mol. The number of Topliss-reactive ketones (excluding diaryl/α,β-unsaturated/α-hetero) is 1. The molecule has 19 heavy (non-hydrogen) atoms. The van der Waals surface area contributed by atoms with E-state index in [1.807, 2.05) is 24.3 Å². The van der Waals surface area contributed by atoms with Gasteiger partial charge in [-0.2, -0.15) is 0 Å². The first-order valence-electron chi connectivity index (χ1n) is 6.52. The van der Waals surface area contributed by atoms with Crippen molar-refractivity contribution >= 4 is 23.5 Å². The first kappa shape index (κ1) is 15.8. The minimum absolute atomic E-state index is 0.0531. The smallest absolute Gasteiger partial charge is 0.315 e. The fourth-order valence-electron chi connectivity index (χ4n) is 1.66. The Hall–Kier alpha value is -1.29. The summed E-state index contributed by atoms with van der Waals surface area (Å²) in [5, 5.41) is 0. The number of ether oxygens (including phenoxy) is 1. The molecule has 0 saturated heterocycles. The standard InChI is InChI=1S/C15H20O3S/c1-3-5-12-6-8-13(9-7-12)14(16)10-19-11-15(17)18-4-2/h6-9H,3-5,10-11H2,1-2H3. The van der Waals surface area contributed by atoms with Gasteiger partial charge in [0, 0.05) is 5.56 Å². The van der Waals surface area contributed by atoms with Gasteiger partial charge in [-0.15, -0.1) is 11.8 Å². The van der Waals surface area contributed by atoms with E-state index in [1.165, 1.54) is 17.3 Å². The van der Waals surface area contributed by atoms with Crippen LogP contribution in [0.25, 0.3) is 0 Å². The van der Waals surface area contributed by atoms with Crippen LogP contribution in [0.3, 0.4) is 0 Å². The highest BCUT2D eigenvalue weighted by molar-refractivity contribution is 8.00. The second-order valence-electron chi connectivity index (χ2n) is 4.17. The molecule has 0 aliphatic rings. The van der Waals surface area contributed by atoms with E-state index in [4.69, 9.17) is 4.74 Å². The third-order valence-electron chi connectivity index (χ3n) is 2.57. The first-order chi connectivity index (χ1) is 9.17. The number of hydrogen-bond acceptors (Lipinski definition) is 4. The zero-order chi connectivity index (χ0) is 14.1. The van der Waals surface area contributed by atoms with Crippen LogP contribution in [0.15, 0.2) is 24.3 Å². The number of thioether (sulfide) groups is 1. The summed E-state index contributed by atoms with van der Waals surface area (Å²) in [5.41, 5.74) is 1.95. The van der Waals surface area contributed by atoms with Crippen molar-refractivity contribution in [3.05, 3.63) is 35.4 Å². The molecule has 0 aromatic heterocycles. The molecule has 4 heteroatoms. The third kappa shape index (κ3) is 5.92. The Kier molecular flexibility index (Phi) is 7.26. The molecule has 0 aliphatic carbocycles. The van der Waals surface area contributed by atoms with Gasteiger partial charge in [0.1, 0.15) is 0 Å². The van der Waals surface area contributed by atoms with Crippen molar-refractivity contribution in [3.63, 3.8) is 0 Å². The number of hydrogen-bond donors (Lipinski definition) is 0. The van der Waals surface area contributed by atoms with Crippen LogP contribution in [-0.4, -0.2) is 29.9 Å². The average Bonchev–Trinajstić information content (AvgIpc) is 2.40. The van der Waals surface area contributed by atoms with Gasteiger partial charge in [0.15, 0.2) is 5.78 Å². The number of benzene rings is 1. The fourth-order valence-corrected chi connectivity index (χ4v) is 2.36. The molecule has 1 aromatic rings. The van der Waals surface area contributed by atoms with Gasteiger partial charge < -0.3 is 4.74 Å². The van der Waals surface area contributed by atoms with E-state index in [0.29, 0.717) is 17.9 Å². The summed E-state index contributed by atoms with van der Waals surface area (Å²) >= 11 is 1.29. The van der Waals surface area contributed by atoms with E-state index in [0.717, 1.165) is 12.8 Å². The van der Waals surface area contributed by atoms with Crippen molar-refractivity contribution in [1.82, 2.24) is 0 Å². The molecule has 1 aromatic carbocycles. The number of ketones is 1. The zero-order valence-electron chi connectivity index (χ0n) is 11.5. The SMILES string of the molecule is CCCc1ccc(C(=O)CSCC(=O)OCC)cc1. The van der Waals surface area contributed by atoms with Crippen LogP contribution in [0.2, 0.25) is 0 Å². The van der Waals surface area contributed by atoms with Crippen LogP contribution in [0.1, 0.15) is 36.2 Å². The molecular weight excluding hydrogens is 260 g/mol. The lowest BCUT2D eigenvalue weighted by atomic mass is 10.1. The summed E-state index contributed by atoms with van der Waals surface area (Å²) < 4.78 is 4.80. The van der Waals surface area contributed by atoms with Crippen molar-refractivity contribution in [1.29, 1.82) is 0 Å². The summed E-state index contributed by atoms with van der Waals surface area (Å²) in [7, 11) is 0. The highest BCUT2D eigenvalue weighted by Crippen LogP contribution is 2.10. The van der Waals surface area contributed by atoms with E-state index >= 15 is 0 Å². The summed E-state index contributed by atoms with van der Waals surface area (Å²) in [6.45, 7) is 4.28. The summed E-state index contributed by atoms with van der Waals surface area (Å²) in [6, 6.07) is 7.70. The third-order valence-corrected chi connectivity index (χ3v) is 3.48. The number of aryl methyl sites for hydroxylation is 1. The molecule has 104 valence electrons. The van der Waals surface area contributed by atoms with Gasteiger partial charge in [0.2, 0.25) is 0 Å². The Morgan fingerprint density at radius 2 is 1.79 bits per heavy atom. The van der Waals surface area contributed by atoms with Crippen molar-refractivity contribution in [2.24, 2.45) is 0 Å². The molecule has 0 amide bonds. The van der Waals surface area contributed by atoms with Gasteiger partial charge in [-0.05, 0) is 18.9 Å². The van der Waals surface area contributed by atoms with E-state index in [-0.39, 0.29) is 17.5 Å². The van der Waals surface area contributed by atoms with Crippen LogP contribution in [0.5, 0.6) is 0 Å². The monoisotopic (exact) mass is 280 g/mol. The van der Waals surface area contributed by atoms with Crippen LogP contribution in [-0.2, 0) is 16.0 Å². The van der Waals surface area contributed by atoms with E-state index < -0.39 is 0 Å². The summed E-state index contributed by atoms with van der Waals surface area (Å²) in [5.74, 6) is 0.329. The van der Waals surface area contributed by atoms with Gasteiger partial charge >= 0.3 is 5.97 Å². The molecule has 3 nitrogen and oxygen atoms in total. The van der Waals surface area contributed by atoms with Crippen molar-refractivity contribution < 1.29 is 14.3 Å². The largest absolute Gasteiger partial charge is 0.465 e. The van der Waals surface area contributed by atoms with E-state index in [1.54, 1.807) is 6.92 Å². The lowest BCUT2D eigenvalue weighted by molar-refractivity contribution is -0.139. The fraction of sp³-hybridized carbons (Fsp3) is 0.467. The molecule has 0 spiro atoms. The first-order valence-corrected chi connectivity index (χ1v) is 7.68. The predicted octanol–water partition coefficient (Wildman–Crippen LogP) is 3.12. The van der Waals surface area contributed by atoms with Gasteiger partial charge in [0.25, 0.3) is 0 Å². The summed E-state index contributed by atoms with van der Waals surface area (Å²) in [4.78, 5) is 23.0. The van der Waals surface area contributed by atoms with Crippen LogP contribution < -0.4 is 0 Å². The zero-order valence-corrected chi connectivity index (χ0v) is 12.3. The van der Waals surface area contributed by atoms with Crippen LogP contribution >= 0.6 is 11.8 Å². The van der Waals surface area contributed by atoms with Gasteiger partial charge in [0.05, 0.1) is 18.1 Å². The molecule has 0 bridgehead atoms. The Balaban J connectivity index is 2.38. The molecule has 0 N–H and O–H groups in total. The maximum Gasteiger partial charge on any atom is 0.315 e. The maximum atomic E-state index is 11.9. The number of carbonyl (C=O) groups excluding carboxylic acids is 2. The van der Waals surface area contributed by atoms with Crippen molar-refractivity contribution in [2.75, 3.05) is 18.1 Å². The minimum atomic E-state index is -0.265. The molecule has 0 aliphatic heterocycles.